The van der Waals surface area contributed by atoms with Crippen LogP contribution in [0.25, 0.3) is 0 Å². The number of methoxy groups -OCH3 is 1. The van der Waals surface area contributed by atoms with Gasteiger partial charge in [-0.05, 0) is 17.6 Å². The average molecular weight is 217 g/mol. The highest BCUT2D eigenvalue weighted by atomic mass is 32.2. The minimum atomic E-state index is -0.551. The Morgan fingerprint density at radius 1 is 1.64 bits per heavy atom. The van der Waals surface area contributed by atoms with Crippen molar-refractivity contribution in [1.82, 2.24) is 5.32 Å². The van der Waals surface area contributed by atoms with E-state index in [1.54, 1.807) is 5.41 Å². The fourth-order valence-corrected chi connectivity index (χ4v) is 1.44. The summed E-state index contributed by atoms with van der Waals surface area (Å²) in [5.74, 6) is 0.0812. The van der Waals surface area contributed by atoms with Crippen LogP contribution in [0.15, 0.2) is 12.0 Å². The molecule has 0 aliphatic carbocycles. The molecule has 0 heterocycles. The first-order valence-electron chi connectivity index (χ1n) is 4.19. The summed E-state index contributed by atoms with van der Waals surface area (Å²) in [7, 11) is 1.30. The van der Waals surface area contributed by atoms with E-state index < -0.39 is 12.0 Å². The highest BCUT2D eigenvalue weighted by Gasteiger charge is 2.18. The molecule has 1 atom stereocenters. The maximum atomic E-state index is 11.2. The molecule has 0 aromatic heterocycles. The van der Waals surface area contributed by atoms with Crippen molar-refractivity contribution in [1.29, 1.82) is 0 Å². The molecular formula is C9H15NO3S. The molecule has 4 nitrogen and oxygen atoms in total. The second-order valence-electron chi connectivity index (χ2n) is 2.60. The Bertz CT molecular complexity index is 218. The lowest BCUT2D eigenvalue weighted by atomic mass is 10.2. The Balaban J connectivity index is 4.03. The lowest BCUT2D eigenvalue weighted by Gasteiger charge is -2.14. The molecule has 1 unspecified atom stereocenters. The third kappa shape index (κ3) is 5.64. The maximum absolute atomic E-state index is 11.2. The Morgan fingerprint density at radius 2 is 2.29 bits per heavy atom. The third-order valence-electron chi connectivity index (χ3n) is 1.51. The number of amides is 1. The molecule has 0 aliphatic rings. The molecule has 0 aliphatic heterocycles. The number of carbonyl (C=O) groups excluding carboxylic acids is 2. The first-order valence-corrected chi connectivity index (χ1v) is 5.24. The van der Waals surface area contributed by atoms with Crippen molar-refractivity contribution in [2.45, 2.75) is 19.4 Å². The molecule has 0 aromatic carbocycles. The molecule has 0 saturated heterocycles. The number of hydrogen-bond acceptors (Lipinski definition) is 4. The normalized spacial score (nSPS) is 11.6. The Kier molecular flexibility index (Phi) is 6.92. The molecule has 1 amide bonds. The van der Waals surface area contributed by atoms with Gasteiger partial charge in [-0.25, -0.2) is 4.79 Å². The summed E-state index contributed by atoms with van der Waals surface area (Å²) in [5, 5.41) is 4.22. The van der Waals surface area contributed by atoms with Crippen LogP contribution in [0.3, 0.4) is 0 Å². The molecule has 0 spiro atoms. The number of thioether (sulfide) groups is 1. The van der Waals surface area contributed by atoms with Crippen LogP contribution in [0, 0.1) is 0 Å². The number of nitrogens with one attached hydrogen (secondary N) is 1. The highest BCUT2D eigenvalue weighted by molar-refractivity contribution is 8.02. The predicted molar refractivity (Wildman–Crippen MR) is 56.9 cm³/mol. The van der Waals surface area contributed by atoms with Crippen LogP contribution in [-0.2, 0) is 14.3 Å². The molecule has 80 valence electrons. The zero-order chi connectivity index (χ0) is 11.0. The smallest absolute Gasteiger partial charge is 0.328 e. The van der Waals surface area contributed by atoms with Gasteiger partial charge in [0.2, 0.25) is 5.91 Å². The van der Waals surface area contributed by atoms with E-state index in [9.17, 15) is 9.59 Å². The molecule has 0 fully saturated rings. The second-order valence-corrected chi connectivity index (χ2v) is 3.68. The highest BCUT2D eigenvalue weighted by Crippen LogP contribution is 2.06. The van der Waals surface area contributed by atoms with Crippen molar-refractivity contribution in [3.05, 3.63) is 12.0 Å². The first-order chi connectivity index (χ1) is 6.61. The van der Waals surface area contributed by atoms with E-state index in [1.807, 2.05) is 0 Å². The molecule has 0 rings (SSSR count). The molecule has 14 heavy (non-hydrogen) atoms. The fraction of sp³-hybridized carbons (Fsp3) is 0.556. The SMILES string of the molecule is C=CSCCC(NC(C)=O)C(=O)OC. The van der Waals surface area contributed by atoms with Crippen molar-refractivity contribution in [3.63, 3.8) is 0 Å². The number of esters is 1. The monoisotopic (exact) mass is 217 g/mol. The van der Waals surface area contributed by atoms with Gasteiger partial charge in [0.25, 0.3) is 0 Å². The van der Waals surface area contributed by atoms with E-state index in [4.69, 9.17) is 0 Å². The fourth-order valence-electron chi connectivity index (χ4n) is 0.906. The van der Waals surface area contributed by atoms with Crippen LogP contribution in [-0.4, -0.2) is 30.8 Å². The summed E-state index contributed by atoms with van der Waals surface area (Å²) in [4.78, 5) is 21.9. The minimum absolute atomic E-state index is 0.232. The van der Waals surface area contributed by atoms with Gasteiger partial charge in [0.1, 0.15) is 6.04 Å². The molecule has 0 saturated carbocycles. The summed E-state index contributed by atoms with van der Waals surface area (Å²) < 4.78 is 4.56. The van der Waals surface area contributed by atoms with Crippen LogP contribution in [0.5, 0.6) is 0 Å². The lowest BCUT2D eigenvalue weighted by molar-refractivity contribution is -0.144. The average Bonchev–Trinajstić information content (AvgIpc) is 2.15. The molecule has 0 bridgehead atoms. The summed E-state index contributed by atoms with van der Waals surface area (Å²) in [6.07, 6.45) is 0.545. The van der Waals surface area contributed by atoms with Gasteiger partial charge in [-0.1, -0.05) is 6.58 Å². The van der Waals surface area contributed by atoms with Gasteiger partial charge < -0.3 is 10.1 Å². The standard InChI is InChI=1S/C9H15NO3S/c1-4-14-6-5-8(9(12)13-3)10-7(2)11/h4,8H,1,5-6H2,2-3H3,(H,10,11). The summed E-state index contributed by atoms with van der Waals surface area (Å²) in [5.41, 5.74) is 0. The molecular weight excluding hydrogens is 202 g/mol. The predicted octanol–water partition coefficient (Wildman–Crippen LogP) is 0.931. The van der Waals surface area contributed by atoms with Crippen molar-refractivity contribution in [2.24, 2.45) is 0 Å². The molecule has 5 heteroatoms. The van der Waals surface area contributed by atoms with E-state index in [0.29, 0.717) is 6.42 Å². The second kappa shape index (κ2) is 7.44. The maximum Gasteiger partial charge on any atom is 0.328 e. The van der Waals surface area contributed by atoms with Gasteiger partial charge in [-0.2, -0.15) is 0 Å². The van der Waals surface area contributed by atoms with E-state index in [1.165, 1.54) is 25.8 Å². The van der Waals surface area contributed by atoms with Gasteiger partial charge in [0.05, 0.1) is 7.11 Å². The Hall–Kier alpha value is -0.970. The largest absolute Gasteiger partial charge is 0.467 e. The van der Waals surface area contributed by atoms with Gasteiger partial charge in [0.15, 0.2) is 0 Å². The van der Waals surface area contributed by atoms with E-state index in [0.717, 1.165) is 5.75 Å². The zero-order valence-electron chi connectivity index (χ0n) is 8.41. The van der Waals surface area contributed by atoms with E-state index in [2.05, 4.69) is 16.6 Å². The first kappa shape index (κ1) is 13.0. The Labute approximate surface area is 88.1 Å². The van der Waals surface area contributed by atoms with Crippen LogP contribution in [0.1, 0.15) is 13.3 Å². The van der Waals surface area contributed by atoms with Crippen LogP contribution < -0.4 is 5.32 Å². The summed E-state index contributed by atoms with van der Waals surface area (Å²) >= 11 is 1.50. The molecule has 1 N–H and O–H groups in total. The lowest BCUT2D eigenvalue weighted by Crippen LogP contribution is -2.40. The third-order valence-corrected chi connectivity index (χ3v) is 2.21. The van der Waals surface area contributed by atoms with E-state index in [-0.39, 0.29) is 5.91 Å². The quantitative estimate of drug-likeness (QED) is 0.531. The number of rotatable bonds is 6. The van der Waals surface area contributed by atoms with Crippen molar-refractivity contribution in [2.75, 3.05) is 12.9 Å². The van der Waals surface area contributed by atoms with Crippen molar-refractivity contribution >= 4 is 23.6 Å². The number of hydrogen-bond donors (Lipinski definition) is 1. The topological polar surface area (TPSA) is 55.4 Å². The Morgan fingerprint density at radius 3 is 2.71 bits per heavy atom. The summed E-state index contributed by atoms with van der Waals surface area (Å²) in [6.45, 7) is 4.91. The van der Waals surface area contributed by atoms with Crippen LogP contribution in [0.4, 0.5) is 0 Å². The molecule has 0 radical (unpaired) electrons. The van der Waals surface area contributed by atoms with Gasteiger partial charge in [-0.3, -0.25) is 4.79 Å². The van der Waals surface area contributed by atoms with Gasteiger partial charge in [-0.15, -0.1) is 11.8 Å². The number of carbonyl (C=O) groups is 2. The van der Waals surface area contributed by atoms with Crippen LogP contribution in [0.2, 0.25) is 0 Å². The zero-order valence-corrected chi connectivity index (χ0v) is 9.23. The van der Waals surface area contributed by atoms with Gasteiger partial charge in [0, 0.05) is 6.92 Å². The van der Waals surface area contributed by atoms with Crippen molar-refractivity contribution in [3.8, 4) is 0 Å². The van der Waals surface area contributed by atoms with E-state index >= 15 is 0 Å². The molecule has 0 aromatic rings. The minimum Gasteiger partial charge on any atom is -0.467 e. The van der Waals surface area contributed by atoms with Crippen LogP contribution >= 0.6 is 11.8 Å². The summed E-state index contributed by atoms with van der Waals surface area (Å²) in [6, 6.07) is -0.551. The van der Waals surface area contributed by atoms with Gasteiger partial charge >= 0.3 is 5.97 Å². The number of ether oxygens (including phenoxy) is 1. The van der Waals surface area contributed by atoms with Crippen molar-refractivity contribution < 1.29 is 14.3 Å².